The van der Waals surface area contributed by atoms with E-state index in [-0.39, 0.29) is 5.91 Å². The van der Waals surface area contributed by atoms with Crippen molar-refractivity contribution in [3.05, 3.63) is 0 Å². The van der Waals surface area contributed by atoms with Crippen LogP contribution in [0.1, 0.15) is 25.7 Å². The molecule has 4 heteroatoms. The Kier molecular flexibility index (Phi) is 3.69. The third-order valence-corrected chi connectivity index (χ3v) is 2.81. The van der Waals surface area contributed by atoms with Crippen LogP contribution in [0.15, 0.2) is 0 Å². The van der Waals surface area contributed by atoms with E-state index in [4.69, 9.17) is 11.5 Å². The molecule has 1 aliphatic rings. The molecule has 76 valence electrons. The molecular weight excluding hydrogens is 166 g/mol. The summed E-state index contributed by atoms with van der Waals surface area (Å²) in [6.07, 6.45) is 4.32. The zero-order chi connectivity index (χ0) is 9.84. The molecule has 4 nitrogen and oxygen atoms in total. The summed E-state index contributed by atoms with van der Waals surface area (Å²) < 4.78 is 0. The van der Waals surface area contributed by atoms with Crippen molar-refractivity contribution in [1.29, 1.82) is 0 Å². The van der Waals surface area contributed by atoms with Gasteiger partial charge in [-0.3, -0.25) is 4.79 Å². The van der Waals surface area contributed by atoms with E-state index in [9.17, 15) is 4.79 Å². The second-order valence-electron chi connectivity index (χ2n) is 3.87. The zero-order valence-corrected chi connectivity index (χ0v) is 8.20. The highest BCUT2D eigenvalue weighted by Crippen LogP contribution is 2.18. The van der Waals surface area contributed by atoms with Crippen LogP contribution in [0.3, 0.4) is 0 Å². The SMILES string of the molecule is CN1CCCCC1CC(N)C(N)=O. The maximum Gasteiger partial charge on any atom is 0.234 e. The minimum atomic E-state index is -0.481. The number of carbonyl (C=O) groups is 1. The molecule has 2 atom stereocenters. The molecule has 0 aromatic heterocycles. The Hall–Kier alpha value is -0.610. The van der Waals surface area contributed by atoms with E-state index in [0.29, 0.717) is 12.5 Å². The highest BCUT2D eigenvalue weighted by atomic mass is 16.1. The molecule has 0 aliphatic carbocycles. The van der Waals surface area contributed by atoms with Gasteiger partial charge in [0.2, 0.25) is 5.91 Å². The standard InChI is InChI=1S/C9H19N3O/c1-12-5-3-2-4-7(12)6-8(10)9(11)13/h7-8H,2-6,10H2,1H3,(H2,11,13). The maximum absolute atomic E-state index is 10.8. The molecule has 4 N–H and O–H groups in total. The van der Waals surface area contributed by atoms with Gasteiger partial charge in [0.25, 0.3) is 0 Å². The summed E-state index contributed by atoms with van der Waals surface area (Å²) >= 11 is 0. The smallest absolute Gasteiger partial charge is 0.234 e. The highest BCUT2D eigenvalue weighted by molar-refractivity contribution is 5.79. The molecule has 1 fully saturated rings. The van der Waals surface area contributed by atoms with E-state index in [2.05, 4.69) is 11.9 Å². The first-order chi connectivity index (χ1) is 6.11. The van der Waals surface area contributed by atoms with Crippen LogP contribution in [0.5, 0.6) is 0 Å². The largest absolute Gasteiger partial charge is 0.368 e. The number of hydrogen-bond acceptors (Lipinski definition) is 3. The van der Waals surface area contributed by atoms with Gasteiger partial charge >= 0.3 is 0 Å². The van der Waals surface area contributed by atoms with E-state index < -0.39 is 6.04 Å². The minimum absolute atomic E-state index is 0.390. The Labute approximate surface area is 79.3 Å². The van der Waals surface area contributed by atoms with Crippen molar-refractivity contribution in [1.82, 2.24) is 4.90 Å². The van der Waals surface area contributed by atoms with Gasteiger partial charge in [-0.15, -0.1) is 0 Å². The molecule has 0 saturated carbocycles. The fraction of sp³-hybridized carbons (Fsp3) is 0.889. The van der Waals surface area contributed by atoms with Crippen molar-refractivity contribution < 1.29 is 4.79 Å². The van der Waals surface area contributed by atoms with Crippen LogP contribution in [0, 0.1) is 0 Å². The van der Waals surface area contributed by atoms with Crippen molar-refractivity contribution in [2.45, 2.75) is 37.8 Å². The first-order valence-electron chi connectivity index (χ1n) is 4.86. The molecule has 2 unspecified atom stereocenters. The third kappa shape index (κ3) is 2.97. The van der Waals surface area contributed by atoms with Gasteiger partial charge < -0.3 is 16.4 Å². The summed E-state index contributed by atoms with van der Waals surface area (Å²) in [6.45, 7) is 1.11. The normalized spacial score (nSPS) is 27.1. The molecule has 1 amide bonds. The lowest BCUT2D eigenvalue weighted by molar-refractivity contribution is -0.119. The topological polar surface area (TPSA) is 72.3 Å². The molecule has 0 spiro atoms. The zero-order valence-electron chi connectivity index (χ0n) is 8.20. The van der Waals surface area contributed by atoms with Crippen LogP contribution in [-0.2, 0) is 4.79 Å². The van der Waals surface area contributed by atoms with Gasteiger partial charge in [0.05, 0.1) is 6.04 Å². The van der Waals surface area contributed by atoms with Gasteiger partial charge in [-0.05, 0) is 32.9 Å². The van der Waals surface area contributed by atoms with Gasteiger partial charge in [0.15, 0.2) is 0 Å². The highest BCUT2D eigenvalue weighted by Gasteiger charge is 2.23. The second-order valence-corrected chi connectivity index (χ2v) is 3.87. The van der Waals surface area contributed by atoms with Crippen molar-refractivity contribution in [2.75, 3.05) is 13.6 Å². The second kappa shape index (κ2) is 4.58. The third-order valence-electron chi connectivity index (χ3n) is 2.81. The van der Waals surface area contributed by atoms with Crippen LogP contribution in [0.4, 0.5) is 0 Å². The number of nitrogens with zero attached hydrogens (tertiary/aromatic N) is 1. The Morgan fingerprint density at radius 2 is 2.31 bits per heavy atom. The number of rotatable bonds is 3. The summed E-state index contributed by atoms with van der Waals surface area (Å²) in [6, 6.07) is -0.0400. The molecule has 0 aromatic carbocycles. The molecule has 1 rings (SSSR count). The first kappa shape index (κ1) is 10.5. The lowest BCUT2D eigenvalue weighted by Crippen LogP contribution is -2.45. The van der Waals surface area contributed by atoms with E-state index in [0.717, 1.165) is 13.0 Å². The molecule has 13 heavy (non-hydrogen) atoms. The average Bonchev–Trinajstić information content (AvgIpc) is 2.08. The first-order valence-corrected chi connectivity index (χ1v) is 4.86. The van der Waals surface area contributed by atoms with E-state index in [1.54, 1.807) is 0 Å². The summed E-state index contributed by atoms with van der Waals surface area (Å²) in [5.41, 5.74) is 10.7. The molecule has 1 saturated heterocycles. The van der Waals surface area contributed by atoms with Gasteiger partial charge in [-0.25, -0.2) is 0 Å². The van der Waals surface area contributed by atoms with Crippen molar-refractivity contribution in [2.24, 2.45) is 11.5 Å². The summed E-state index contributed by atoms with van der Waals surface area (Å²) in [7, 11) is 2.08. The summed E-state index contributed by atoms with van der Waals surface area (Å²) in [5.74, 6) is -0.390. The van der Waals surface area contributed by atoms with Gasteiger partial charge in [0, 0.05) is 6.04 Å². The van der Waals surface area contributed by atoms with Crippen LogP contribution in [0.2, 0.25) is 0 Å². The quantitative estimate of drug-likeness (QED) is 0.632. The number of carbonyl (C=O) groups excluding carboxylic acids is 1. The number of hydrogen-bond donors (Lipinski definition) is 2. The van der Waals surface area contributed by atoms with Crippen molar-refractivity contribution in [3.8, 4) is 0 Å². The lowest BCUT2D eigenvalue weighted by Gasteiger charge is -2.33. The van der Waals surface area contributed by atoms with Gasteiger partial charge in [-0.2, -0.15) is 0 Å². The van der Waals surface area contributed by atoms with Crippen LogP contribution >= 0.6 is 0 Å². The monoisotopic (exact) mass is 185 g/mol. The Morgan fingerprint density at radius 3 is 2.85 bits per heavy atom. The summed E-state index contributed by atoms with van der Waals surface area (Å²) in [4.78, 5) is 13.0. The van der Waals surface area contributed by atoms with Crippen molar-refractivity contribution in [3.63, 3.8) is 0 Å². The number of primary amides is 1. The molecular formula is C9H19N3O. The van der Waals surface area contributed by atoms with E-state index in [1.807, 2.05) is 0 Å². The van der Waals surface area contributed by atoms with E-state index >= 15 is 0 Å². The fourth-order valence-corrected chi connectivity index (χ4v) is 1.85. The average molecular weight is 185 g/mol. The Balaban J connectivity index is 2.37. The molecule has 1 aliphatic heterocycles. The van der Waals surface area contributed by atoms with Crippen LogP contribution in [-0.4, -0.2) is 36.5 Å². The van der Waals surface area contributed by atoms with Crippen LogP contribution < -0.4 is 11.5 Å². The number of amides is 1. The molecule has 0 aromatic rings. The predicted octanol–water partition coefficient (Wildman–Crippen LogP) is -0.327. The number of piperidine rings is 1. The van der Waals surface area contributed by atoms with Gasteiger partial charge in [-0.1, -0.05) is 6.42 Å². The van der Waals surface area contributed by atoms with Gasteiger partial charge in [0.1, 0.15) is 0 Å². The predicted molar refractivity (Wildman–Crippen MR) is 52.1 cm³/mol. The van der Waals surface area contributed by atoms with Crippen molar-refractivity contribution >= 4 is 5.91 Å². The number of nitrogens with two attached hydrogens (primary N) is 2. The van der Waals surface area contributed by atoms with E-state index in [1.165, 1.54) is 12.8 Å². The molecule has 1 heterocycles. The molecule has 0 bridgehead atoms. The molecule has 0 radical (unpaired) electrons. The fourth-order valence-electron chi connectivity index (χ4n) is 1.85. The summed E-state index contributed by atoms with van der Waals surface area (Å²) in [5, 5.41) is 0. The minimum Gasteiger partial charge on any atom is -0.368 e. The Morgan fingerprint density at radius 1 is 1.62 bits per heavy atom. The van der Waals surface area contributed by atoms with Crippen LogP contribution in [0.25, 0.3) is 0 Å². The number of likely N-dealkylation sites (tertiary alicyclic amines) is 1. The maximum atomic E-state index is 10.8. The lowest BCUT2D eigenvalue weighted by atomic mass is 9.96. The Bertz CT molecular complexity index is 184.